The Morgan fingerprint density at radius 1 is 1.45 bits per heavy atom. The van der Waals surface area contributed by atoms with Crippen molar-refractivity contribution in [2.45, 2.75) is 32.7 Å². The maximum atomic E-state index is 11.4. The van der Waals surface area contributed by atoms with Crippen molar-refractivity contribution in [2.75, 3.05) is 11.4 Å². The Morgan fingerprint density at radius 2 is 2.23 bits per heavy atom. The Bertz CT molecular complexity index is 731. The van der Waals surface area contributed by atoms with Crippen molar-refractivity contribution in [3.63, 3.8) is 0 Å². The summed E-state index contributed by atoms with van der Waals surface area (Å²) in [4.78, 5) is 22.3. The molecule has 1 saturated heterocycles. The molecule has 1 amide bonds. The van der Waals surface area contributed by atoms with Crippen LogP contribution in [0.3, 0.4) is 0 Å². The molecule has 2 N–H and O–H groups in total. The van der Waals surface area contributed by atoms with Crippen LogP contribution in [-0.4, -0.2) is 28.5 Å². The van der Waals surface area contributed by atoms with Crippen molar-refractivity contribution >= 4 is 34.2 Å². The van der Waals surface area contributed by atoms with Crippen molar-refractivity contribution in [3.8, 4) is 0 Å². The van der Waals surface area contributed by atoms with E-state index in [2.05, 4.69) is 28.7 Å². The third kappa shape index (κ3) is 2.86. The molecule has 0 radical (unpaired) electrons. The predicted molar refractivity (Wildman–Crippen MR) is 87.9 cm³/mol. The van der Waals surface area contributed by atoms with E-state index in [0.29, 0.717) is 11.4 Å². The summed E-state index contributed by atoms with van der Waals surface area (Å²) < 4.78 is 0. The molecule has 1 aromatic heterocycles. The van der Waals surface area contributed by atoms with Gasteiger partial charge in [0.15, 0.2) is 0 Å². The van der Waals surface area contributed by atoms with E-state index in [1.807, 2.05) is 18.2 Å². The fourth-order valence-electron chi connectivity index (χ4n) is 3.31. The summed E-state index contributed by atoms with van der Waals surface area (Å²) in [5.41, 5.74) is 6.34. The van der Waals surface area contributed by atoms with Crippen LogP contribution in [-0.2, 0) is 4.79 Å². The van der Waals surface area contributed by atoms with Crippen LogP contribution in [0.25, 0.3) is 10.9 Å². The average molecular weight is 319 g/mol. The van der Waals surface area contributed by atoms with E-state index in [-0.39, 0.29) is 17.4 Å². The summed E-state index contributed by atoms with van der Waals surface area (Å²) in [5.74, 6) is 0.563. The number of anilines is 1. The highest BCUT2D eigenvalue weighted by molar-refractivity contribution is 6.31. The smallest absolute Gasteiger partial charge is 0.219 e. The highest BCUT2D eigenvalue weighted by Crippen LogP contribution is 2.39. The Kier molecular flexibility index (Phi) is 3.68. The van der Waals surface area contributed by atoms with Gasteiger partial charge in [-0.15, -0.1) is 0 Å². The first-order valence-corrected chi connectivity index (χ1v) is 7.69. The number of primary amides is 1. The number of carbonyl (C=O) groups excluding carboxylic acids is 1. The Balaban J connectivity index is 2.06. The molecule has 1 unspecified atom stereocenters. The summed E-state index contributed by atoms with van der Waals surface area (Å²) in [6.45, 7) is 5.22. The van der Waals surface area contributed by atoms with Crippen LogP contribution >= 0.6 is 11.6 Å². The number of rotatable bonds is 3. The first kappa shape index (κ1) is 15.0. The van der Waals surface area contributed by atoms with E-state index < -0.39 is 0 Å². The lowest BCUT2D eigenvalue weighted by molar-refractivity contribution is -0.118. The van der Waals surface area contributed by atoms with Gasteiger partial charge in [0, 0.05) is 29.4 Å². The van der Waals surface area contributed by atoms with Gasteiger partial charge in [-0.2, -0.15) is 0 Å². The van der Waals surface area contributed by atoms with Gasteiger partial charge < -0.3 is 10.6 Å². The topological polar surface area (TPSA) is 72.1 Å². The summed E-state index contributed by atoms with van der Waals surface area (Å²) in [6, 6.07) is 5.66. The molecule has 2 aromatic rings. The minimum absolute atomic E-state index is 0.0706. The largest absolute Gasteiger partial charge is 0.370 e. The fraction of sp³-hybridized carbons (Fsp3) is 0.438. The number of benzene rings is 1. The van der Waals surface area contributed by atoms with E-state index in [4.69, 9.17) is 17.3 Å². The van der Waals surface area contributed by atoms with Gasteiger partial charge in [0.25, 0.3) is 0 Å². The summed E-state index contributed by atoms with van der Waals surface area (Å²) in [6.07, 6.45) is 2.79. The third-order valence-corrected chi connectivity index (χ3v) is 4.35. The number of carbonyl (C=O) groups is 1. The molecule has 0 spiro atoms. The molecule has 3 rings (SSSR count). The van der Waals surface area contributed by atoms with Gasteiger partial charge in [-0.3, -0.25) is 4.79 Å². The lowest BCUT2D eigenvalue weighted by Crippen LogP contribution is -2.34. The molecule has 1 fully saturated rings. The lowest BCUT2D eigenvalue weighted by Gasteiger charge is -2.26. The average Bonchev–Trinajstić information content (AvgIpc) is 2.71. The van der Waals surface area contributed by atoms with Crippen LogP contribution in [0.2, 0.25) is 5.02 Å². The van der Waals surface area contributed by atoms with E-state index >= 15 is 0 Å². The summed E-state index contributed by atoms with van der Waals surface area (Å²) >= 11 is 6.04. The number of hydrogen-bond acceptors (Lipinski definition) is 4. The minimum atomic E-state index is -0.283. The summed E-state index contributed by atoms with van der Waals surface area (Å²) in [7, 11) is 0. The second kappa shape index (κ2) is 5.39. The van der Waals surface area contributed by atoms with Crippen LogP contribution in [0.15, 0.2) is 24.5 Å². The fourth-order valence-corrected chi connectivity index (χ4v) is 3.48. The molecule has 0 saturated carbocycles. The molecule has 116 valence electrons. The molecule has 2 heterocycles. The van der Waals surface area contributed by atoms with E-state index in [9.17, 15) is 4.79 Å². The normalized spacial score (nSPS) is 20.5. The zero-order valence-electron chi connectivity index (χ0n) is 12.7. The summed E-state index contributed by atoms with van der Waals surface area (Å²) in [5, 5.41) is 1.59. The number of nitrogens with zero attached hydrogens (tertiary/aromatic N) is 3. The Labute approximate surface area is 134 Å². The highest BCUT2D eigenvalue weighted by atomic mass is 35.5. The van der Waals surface area contributed by atoms with Gasteiger partial charge in [0.1, 0.15) is 12.1 Å². The quantitative estimate of drug-likeness (QED) is 0.944. The molecular weight excluding hydrogens is 300 g/mol. The molecule has 1 aromatic carbocycles. The number of nitrogens with two attached hydrogens (primary N) is 1. The van der Waals surface area contributed by atoms with Gasteiger partial charge >= 0.3 is 0 Å². The molecule has 0 bridgehead atoms. The number of fused-ring (bicyclic) bond motifs is 1. The highest BCUT2D eigenvalue weighted by Gasteiger charge is 2.39. The first-order valence-electron chi connectivity index (χ1n) is 7.31. The van der Waals surface area contributed by atoms with Crippen LogP contribution < -0.4 is 10.6 Å². The van der Waals surface area contributed by atoms with Crippen LogP contribution in [0.4, 0.5) is 5.82 Å². The minimum Gasteiger partial charge on any atom is -0.370 e. The van der Waals surface area contributed by atoms with Crippen molar-refractivity contribution in [3.05, 3.63) is 29.5 Å². The second-order valence-corrected chi connectivity index (χ2v) is 7.12. The van der Waals surface area contributed by atoms with Crippen LogP contribution in [0.1, 0.15) is 26.7 Å². The SMILES string of the molecule is CC1(C)CC(CC(N)=O)N(c2ncnc3cc(Cl)ccc23)C1. The molecular formula is C16H19ClN4O. The Morgan fingerprint density at radius 3 is 2.95 bits per heavy atom. The van der Waals surface area contributed by atoms with Gasteiger partial charge in [0.05, 0.1) is 5.52 Å². The molecule has 1 atom stereocenters. The molecule has 22 heavy (non-hydrogen) atoms. The standard InChI is InChI=1S/C16H19ClN4O/c1-16(2)7-11(6-14(18)22)21(8-16)15-12-4-3-10(17)5-13(12)19-9-20-15/h3-5,9,11H,6-8H2,1-2H3,(H2,18,22). The molecule has 5 nitrogen and oxygen atoms in total. The van der Waals surface area contributed by atoms with E-state index in [1.54, 1.807) is 6.33 Å². The van der Waals surface area contributed by atoms with Crippen LogP contribution in [0, 0.1) is 5.41 Å². The third-order valence-electron chi connectivity index (χ3n) is 4.11. The molecule has 1 aliphatic heterocycles. The molecule has 6 heteroatoms. The molecule has 0 aliphatic carbocycles. The molecule has 1 aliphatic rings. The van der Waals surface area contributed by atoms with Gasteiger partial charge in [-0.25, -0.2) is 9.97 Å². The number of halogens is 1. The Hall–Kier alpha value is -1.88. The van der Waals surface area contributed by atoms with Gasteiger partial charge in [-0.05, 0) is 30.0 Å². The van der Waals surface area contributed by atoms with E-state index in [0.717, 1.165) is 29.7 Å². The maximum Gasteiger partial charge on any atom is 0.219 e. The monoisotopic (exact) mass is 318 g/mol. The van der Waals surface area contributed by atoms with Crippen LogP contribution in [0.5, 0.6) is 0 Å². The lowest BCUT2D eigenvalue weighted by atomic mass is 9.90. The van der Waals surface area contributed by atoms with Crippen molar-refractivity contribution in [1.29, 1.82) is 0 Å². The number of amides is 1. The number of aromatic nitrogens is 2. The van der Waals surface area contributed by atoms with Crippen molar-refractivity contribution < 1.29 is 4.79 Å². The maximum absolute atomic E-state index is 11.4. The zero-order valence-corrected chi connectivity index (χ0v) is 13.5. The first-order chi connectivity index (χ1) is 10.4. The van der Waals surface area contributed by atoms with Gasteiger partial charge in [0.2, 0.25) is 5.91 Å². The second-order valence-electron chi connectivity index (χ2n) is 6.68. The van der Waals surface area contributed by atoms with Crippen molar-refractivity contribution in [2.24, 2.45) is 11.1 Å². The van der Waals surface area contributed by atoms with Crippen molar-refractivity contribution in [1.82, 2.24) is 9.97 Å². The van der Waals surface area contributed by atoms with Gasteiger partial charge in [-0.1, -0.05) is 25.4 Å². The number of hydrogen-bond donors (Lipinski definition) is 1. The zero-order chi connectivity index (χ0) is 15.9. The predicted octanol–water partition coefficient (Wildman–Crippen LogP) is 2.76. The van der Waals surface area contributed by atoms with E-state index in [1.165, 1.54) is 0 Å².